The van der Waals surface area contributed by atoms with Gasteiger partial charge in [-0.3, -0.25) is 0 Å². The lowest BCUT2D eigenvalue weighted by atomic mass is 9.92. The van der Waals surface area contributed by atoms with Crippen molar-refractivity contribution in [1.29, 1.82) is 0 Å². The van der Waals surface area contributed by atoms with Crippen molar-refractivity contribution in [3.05, 3.63) is 29.8 Å². The molecule has 2 heteroatoms. The molecule has 112 valence electrons. The summed E-state index contributed by atoms with van der Waals surface area (Å²) in [6.07, 6.45) is 8.88. The molecule has 20 heavy (non-hydrogen) atoms. The second-order valence-electron chi connectivity index (χ2n) is 5.95. The van der Waals surface area contributed by atoms with Crippen LogP contribution in [0, 0.1) is 0 Å². The molecule has 0 amide bonds. The Morgan fingerprint density at radius 1 is 1.10 bits per heavy atom. The summed E-state index contributed by atoms with van der Waals surface area (Å²) in [5.41, 5.74) is 1.41. The third kappa shape index (κ3) is 4.82. The number of nitrogens with one attached hydrogen (secondary N) is 1. The highest BCUT2D eigenvalue weighted by Crippen LogP contribution is 2.24. The second kappa shape index (κ2) is 8.31. The molecule has 0 bridgehead atoms. The minimum atomic E-state index is 0.384. The third-order valence-corrected chi connectivity index (χ3v) is 4.07. The normalized spacial score (nSPS) is 22.7. The molecule has 0 spiro atoms. The highest BCUT2D eigenvalue weighted by molar-refractivity contribution is 5.27. The van der Waals surface area contributed by atoms with Crippen LogP contribution in [-0.2, 0) is 6.42 Å². The van der Waals surface area contributed by atoms with E-state index in [0.717, 1.165) is 25.1 Å². The molecule has 2 unspecified atom stereocenters. The van der Waals surface area contributed by atoms with Crippen LogP contribution in [0.3, 0.4) is 0 Å². The number of benzene rings is 1. The SMILES string of the molecule is CCCNC1CCCC(Oc2ccc(CCC)cc2)C1. The smallest absolute Gasteiger partial charge is 0.119 e. The van der Waals surface area contributed by atoms with Crippen LogP contribution >= 0.6 is 0 Å². The van der Waals surface area contributed by atoms with Gasteiger partial charge in [-0.15, -0.1) is 0 Å². The van der Waals surface area contributed by atoms with Crippen molar-refractivity contribution >= 4 is 0 Å². The minimum absolute atomic E-state index is 0.384. The molecule has 1 aliphatic rings. The van der Waals surface area contributed by atoms with Gasteiger partial charge in [0.25, 0.3) is 0 Å². The first-order chi connectivity index (χ1) is 9.81. The van der Waals surface area contributed by atoms with E-state index in [2.05, 4.69) is 43.4 Å². The fourth-order valence-corrected chi connectivity index (χ4v) is 3.00. The first kappa shape index (κ1) is 15.4. The molecule has 0 saturated heterocycles. The summed E-state index contributed by atoms with van der Waals surface area (Å²) >= 11 is 0. The molecule has 1 aliphatic carbocycles. The zero-order valence-corrected chi connectivity index (χ0v) is 13.0. The van der Waals surface area contributed by atoms with Gasteiger partial charge in [-0.1, -0.05) is 32.4 Å². The molecule has 1 aromatic rings. The summed E-state index contributed by atoms with van der Waals surface area (Å²) < 4.78 is 6.16. The van der Waals surface area contributed by atoms with Gasteiger partial charge in [-0.2, -0.15) is 0 Å². The maximum Gasteiger partial charge on any atom is 0.119 e. The Hall–Kier alpha value is -1.02. The molecule has 1 aromatic carbocycles. The van der Waals surface area contributed by atoms with Gasteiger partial charge in [0, 0.05) is 6.04 Å². The standard InChI is InChI=1S/C18H29NO/c1-3-6-15-9-11-17(12-10-15)20-18-8-5-7-16(14-18)19-13-4-2/h9-12,16,18-19H,3-8,13-14H2,1-2H3. The third-order valence-electron chi connectivity index (χ3n) is 4.07. The van der Waals surface area contributed by atoms with E-state index in [1.54, 1.807) is 0 Å². The molecule has 0 aliphatic heterocycles. The quantitative estimate of drug-likeness (QED) is 0.799. The molecule has 2 nitrogen and oxygen atoms in total. The summed E-state index contributed by atoms with van der Waals surface area (Å²) in [4.78, 5) is 0. The predicted molar refractivity (Wildman–Crippen MR) is 85.4 cm³/mol. The molecule has 0 radical (unpaired) electrons. The Morgan fingerprint density at radius 3 is 2.60 bits per heavy atom. The maximum atomic E-state index is 6.16. The Bertz CT molecular complexity index is 374. The second-order valence-corrected chi connectivity index (χ2v) is 5.95. The molecule has 0 aromatic heterocycles. The minimum Gasteiger partial charge on any atom is -0.490 e. The lowest BCUT2D eigenvalue weighted by molar-refractivity contribution is 0.135. The van der Waals surface area contributed by atoms with Gasteiger partial charge < -0.3 is 10.1 Å². The van der Waals surface area contributed by atoms with Crippen LogP contribution in [0.25, 0.3) is 0 Å². The summed E-state index contributed by atoms with van der Waals surface area (Å²) in [5, 5.41) is 3.63. The van der Waals surface area contributed by atoms with Crippen molar-refractivity contribution in [3.63, 3.8) is 0 Å². The Labute approximate surface area is 123 Å². The first-order valence-electron chi connectivity index (χ1n) is 8.30. The topological polar surface area (TPSA) is 21.3 Å². The zero-order valence-electron chi connectivity index (χ0n) is 13.0. The zero-order chi connectivity index (χ0) is 14.2. The summed E-state index contributed by atoms with van der Waals surface area (Å²) in [5.74, 6) is 1.03. The van der Waals surface area contributed by atoms with E-state index >= 15 is 0 Å². The van der Waals surface area contributed by atoms with E-state index in [-0.39, 0.29) is 0 Å². The molecule has 2 atom stereocenters. The number of ether oxygens (including phenoxy) is 1. The number of hydrogen-bond acceptors (Lipinski definition) is 2. The molecule has 1 N–H and O–H groups in total. The molecule has 1 fully saturated rings. The van der Waals surface area contributed by atoms with Crippen molar-refractivity contribution < 1.29 is 4.74 Å². The average molecular weight is 275 g/mol. The molecule has 1 saturated carbocycles. The van der Waals surface area contributed by atoms with Crippen LogP contribution in [0.5, 0.6) is 5.75 Å². The summed E-state index contributed by atoms with van der Waals surface area (Å²) in [6, 6.07) is 9.32. The Kier molecular flexibility index (Phi) is 6.38. The number of hydrogen-bond donors (Lipinski definition) is 1. The molecule has 2 rings (SSSR count). The van der Waals surface area contributed by atoms with E-state index in [1.165, 1.54) is 37.7 Å². The van der Waals surface area contributed by atoms with Gasteiger partial charge in [-0.25, -0.2) is 0 Å². The van der Waals surface area contributed by atoms with Gasteiger partial charge in [0.1, 0.15) is 11.9 Å². The van der Waals surface area contributed by atoms with Crippen LogP contribution in [0.4, 0.5) is 0 Å². The van der Waals surface area contributed by atoms with Crippen molar-refractivity contribution in [3.8, 4) is 5.75 Å². The van der Waals surface area contributed by atoms with Crippen molar-refractivity contribution in [2.45, 2.75) is 70.9 Å². The van der Waals surface area contributed by atoms with Gasteiger partial charge >= 0.3 is 0 Å². The highest BCUT2D eigenvalue weighted by atomic mass is 16.5. The fraction of sp³-hybridized carbons (Fsp3) is 0.667. The van der Waals surface area contributed by atoms with Gasteiger partial charge in [0.05, 0.1) is 0 Å². The lowest BCUT2D eigenvalue weighted by Gasteiger charge is -2.30. The highest BCUT2D eigenvalue weighted by Gasteiger charge is 2.22. The largest absolute Gasteiger partial charge is 0.490 e. The molecular weight excluding hydrogens is 246 g/mol. The average Bonchev–Trinajstić information content (AvgIpc) is 2.48. The van der Waals surface area contributed by atoms with Gasteiger partial charge in [-0.05, 0) is 62.8 Å². The van der Waals surface area contributed by atoms with Crippen molar-refractivity contribution in [2.24, 2.45) is 0 Å². The molecular formula is C18H29NO. The number of rotatable bonds is 7. The van der Waals surface area contributed by atoms with E-state index in [1.807, 2.05) is 0 Å². The predicted octanol–water partition coefficient (Wildman–Crippen LogP) is 4.33. The van der Waals surface area contributed by atoms with Crippen LogP contribution in [0.2, 0.25) is 0 Å². The first-order valence-corrected chi connectivity index (χ1v) is 8.30. The fourth-order valence-electron chi connectivity index (χ4n) is 3.00. The van der Waals surface area contributed by atoms with E-state index in [4.69, 9.17) is 4.74 Å². The Balaban J connectivity index is 1.82. The van der Waals surface area contributed by atoms with Gasteiger partial charge in [0.2, 0.25) is 0 Å². The van der Waals surface area contributed by atoms with E-state index in [0.29, 0.717) is 12.1 Å². The lowest BCUT2D eigenvalue weighted by Crippen LogP contribution is -2.38. The van der Waals surface area contributed by atoms with Crippen LogP contribution < -0.4 is 10.1 Å². The van der Waals surface area contributed by atoms with Crippen LogP contribution in [-0.4, -0.2) is 18.7 Å². The Morgan fingerprint density at radius 2 is 1.90 bits per heavy atom. The summed E-state index contributed by atoms with van der Waals surface area (Å²) in [6.45, 7) is 5.57. The van der Waals surface area contributed by atoms with Crippen molar-refractivity contribution in [1.82, 2.24) is 5.32 Å². The van der Waals surface area contributed by atoms with E-state index in [9.17, 15) is 0 Å². The van der Waals surface area contributed by atoms with E-state index < -0.39 is 0 Å². The monoisotopic (exact) mass is 275 g/mol. The van der Waals surface area contributed by atoms with Crippen LogP contribution in [0.15, 0.2) is 24.3 Å². The van der Waals surface area contributed by atoms with Gasteiger partial charge in [0.15, 0.2) is 0 Å². The van der Waals surface area contributed by atoms with Crippen LogP contribution in [0.1, 0.15) is 57.9 Å². The maximum absolute atomic E-state index is 6.16. The summed E-state index contributed by atoms with van der Waals surface area (Å²) in [7, 11) is 0. The van der Waals surface area contributed by atoms with Crippen molar-refractivity contribution in [2.75, 3.05) is 6.54 Å². The number of aryl methyl sites for hydroxylation is 1. The molecule has 0 heterocycles.